The van der Waals surface area contributed by atoms with E-state index in [4.69, 9.17) is 20.7 Å². The molecule has 47 heavy (non-hydrogen) atoms. The van der Waals surface area contributed by atoms with Gasteiger partial charge < -0.3 is 21.3 Å². The van der Waals surface area contributed by atoms with Crippen molar-refractivity contribution in [1.82, 2.24) is 20.1 Å². The fourth-order valence-electron chi connectivity index (χ4n) is 4.53. The molecule has 2 aromatic heterocycles. The van der Waals surface area contributed by atoms with E-state index in [1.54, 1.807) is 36.7 Å². The molecule has 2 aromatic carbocycles. The van der Waals surface area contributed by atoms with Crippen molar-refractivity contribution in [3.63, 3.8) is 0 Å². The summed E-state index contributed by atoms with van der Waals surface area (Å²) < 4.78 is 33.7. The van der Waals surface area contributed by atoms with Gasteiger partial charge in [-0.1, -0.05) is 45.0 Å². The summed E-state index contributed by atoms with van der Waals surface area (Å²) >= 11 is 0. The summed E-state index contributed by atoms with van der Waals surface area (Å²) in [5.74, 6) is -3.43. The Morgan fingerprint density at radius 3 is 2.15 bits per heavy atom. The molecule has 0 aliphatic carbocycles. The number of phenols is 1. The third-order valence-electron chi connectivity index (χ3n) is 7.10. The molecule has 5 N–H and O–H groups in total. The number of nitrogens with zero attached hydrogens (tertiary/aromatic N) is 3. The van der Waals surface area contributed by atoms with E-state index in [0.29, 0.717) is 6.42 Å². The first-order valence-corrected chi connectivity index (χ1v) is 14.8. The van der Waals surface area contributed by atoms with E-state index in [2.05, 4.69) is 61.4 Å². The second kappa shape index (κ2) is 15.9. The number of aromatic hydroxyl groups is 1. The normalized spacial score (nSPS) is 12.0. The number of amides is 2. The van der Waals surface area contributed by atoms with E-state index in [1.165, 1.54) is 5.56 Å². The minimum absolute atomic E-state index is 0.0600. The Hall–Kier alpha value is -5.20. The Labute approximate surface area is 270 Å². The Bertz CT molecular complexity index is 1630. The second-order valence-electron chi connectivity index (χ2n) is 11.9. The number of carboxylic acids is 1. The number of halogens is 3. The van der Waals surface area contributed by atoms with Crippen LogP contribution in [0, 0.1) is 0 Å². The van der Waals surface area contributed by atoms with Crippen LogP contribution in [0.2, 0.25) is 0 Å². The van der Waals surface area contributed by atoms with Crippen molar-refractivity contribution in [3.05, 3.63) is 95.9 Å². The topological polar surface area (TPSA) is 160 Å². The molecule has 250 valence electrons. The standard InChI is InChI=1S/C32H37N5O3.C2HF3O2/c1-32(2,3)24-12-14-25(15-13-24)37-26(20-28(36-37)23-7-6-18-34-21-23)8-4-5-9-30(39)35-29(31(33)40)19-22-10-16-27(38)17-11-22;3-2(4,5)1(6)7/h6-7,10-18,20-21,29,38H,4-5,8-9,19H2,1-3H3,(H2,33,40)(H,35,39);(H,6,7)/t29-;/m0./s1. The quantitative estimate of drug-likeness (QED) is 0.156. The van der Waals surface area contributed by atoms with Crippen LogP contribution >= 0.6 is 0 Å². The molecule has 2 amide bonds. The maximum Gasteiger partial charge on any atom is 0.490 e. The van der Waals surface area contributed by atoms with Crippen LogP contribution < -0.4 is 11.1 Å². The number of carbonyl (C=O) groups excluding carboxylic acids is 2. The first-order valence-electron chi connectivity index (χ1n) is 14.8. The highest BCUT2D eigenvalue weighted by Crippen LogP contribution is 2.26. The number of carbonyl (C=O) groups is 3. The molecule has 2 heterocycles. The Balaban J connectivity index is 0.000000771. The number of benzene rings is 2. The number of aliphatic carboxylic acids is 1. The molecule has 10 nitrogen and oxygen atoms in total. The van der Waals surface area contributed by atoms with Crippen molar-refractivity contribution in [2.45, 2.75) is 70.5 Å². The molecule has 0 aliphatic heterocycles. The third kappa shape index (κ3) is 11.3. The van der Waals surface area contributed by atoms with Crippen LogP contribution in [-0.4, -0.2) is 55.0 Å². The van der Waals surface area contributed by atoms with Crippen LogP contribution in [0.1, 0.15) is 56.9 Å². The number of phenolic OH excluding ortho intramolecular Hbond substituents is 1. The number of unbranched alkanes of at least 4 members (excludes halogenated alkanes) is 1. The Morgan fingerprint density at radius 1 is 0.979 bits per heavy atom. The van der Waals surface area contributed by atoms with Crippen molar-refractivity contribution >= 4 is 17.8 Å². The number of nitrogens with two attached hydrogens (primary N) is 1. The highest BCUT2D eigenvalue weighted by Gasteiger charge is 2.38. The molecule has 0 bridgehead atoms. The lowest BCUT2D eigenvalue weighted by molar-refractivity contribution is -0.192. The van der Waals surface area contributed by atoms with Gasteiger partial charge >= 0.3 is 12.1 Å². The fourth-order valence-corrected chi connectivity index (χ4v) is 4.53. The van der Waals surface area contributed by atoms with Gasteiger partial charge in [-0.25, -0.2) is 9.48 Å². The van der Waals surface area contributed by atoms with Gasteiger partial charge in [0.1, 0.15) is 11.8 Å². The van der Waals surface area contributed by atoms with Crippen molar-refractivity contribution in [2.24, 2.45) is 5.73 Å². The van der Waals surface area contributed by atoms with Crippen molar-refractivity contribution in [2.75, 3.05) is 0 Å². The summed E-state index contributed by atoms with van der Waals surface area (Å²) in [5.41, 5.74) is 11.5. The molecule has 13 heteroatoms. The average Bonchev–Trinajstić information content (AvgIpc) is 3.44. The van der Waals surface area contributed by atoms with Crippen LogP contribution in [0.4, 0.5) is 13.2 Å². The summed E-state index contributed by atoms with van der Waals surface area (Å²) in [6.07, 6.45) is 1.16. The van der Waals surface area contributed by atoms with Crippen molar-refractivity contribution in [1.29, 1.82) is 0 Å². The number of aromatic nitrogens is 3. The van der Waals surface area contributed by atoms with Crippen LogP contribution in [0.25, 0.3) is 16.9 Å². The molecule has 0 saturated carbocycles. The summed E-state index contributed by atoms with van der Waals surface area (Å²) in [4.78, 5) is 37.7. The maximum atomic E-state index is 12.6. The average molecular weight is 654 g/mol. The van der Waals surface area contributed by atoms with Crippen molar-refractivity contribution in [3.8, 4) is 22.7 Å². The largest absolute Gasteiger partial charge is 0.508 e. The van der Waals surface area contributed by atoms with E-state index in [1.807, 2.05) is 16.8 Å². The van der Waals surface area contributed by atoms with E-state index < -0.39 is 24.1 Å². The van der Waals surface area contributed by atoms with Gasteiger partial charge in [-0.15, -0.1) is 0 Å². The molecule has 0 fully saturated rings. The monoisotopic (exact) mass is 653 g/mol. The molecule has 0 spiro atoms. The molecule has 0 radical (unpaired) electrons. The van der Waals surface area contributed by atoms with Gasteiger partial charge in [-0.2, -0.15) is 18.3 Å². The number of alkyl halides is 3. The predicted octanol–water partition coefficient (Wildman–Crippen LogP) is 5.50. The van der Waals surface area contributed by atoms with Gasteiger partial charge in [-0.3, -0.25) is 14.6 Å². The summed E-state index contributed by atoms with van der Waals surface area (Å²) in [5, 5.41) is 24.2. The lowest BCUT2D eigenvalue weighted by Gasteiger charge is -2.19. The van der Waals surface area contributed by atoms with E-state index >= 15 is 0 Å². The lowest BCUT2D eigenvalue weighted by Crippen LogP contribution is -2.45. The third-order valence-corrected chi connectivity index (χ3v) is 7.10. The predicted molar refractivity (Wildman–Crippen MR) is 170 cm³/mol. The van der Waals surface area contributed by atoms with Crippen LogP contribution in [0.5, 0.6) is 5.75 Å². The number of hydrogen-bond donors (Lipinski definition) is 4. The SMILES string of the molecule is CC(C)(C)c1ccc(-n2nc(-c3cccnc3)cc2CCCCC(=O)N[C@@H](Cc2ccc(O)cc2)C(N)=O)cc1.O=C(O)C(F)(F)F. The molecule has 4 aromatic rings. The van der Waals surface area contributed by atoms with E-state index in [9.17, 15) is 27.9 Å². The highest BCUT2D eigenvalue weighted by atomic mass is 19.4. The molecule has 0 aliphatic rings. The Morgan fingerprint density at radius 2 is 1.62 bits per heavy atom. The molecule has 0 saturated heterocycles. The smallest absolute Gasteiger partial charge is 0.490 e. The summed E-state index contributed by atoms with van der Waals surface area (Å²) in [6, 6.07) is 20.1. The number of rotatable bonds is 11. The van der Waals surface area contributed by atoms with Gasteiger partial charge in [0.05, 0.1) is 11.4 Å². The molecular weight excluding hydrogens is 615 g/mol. The van der Waals surface area contributed by atoms with Gasteiger partial charge in [0.15, 0.2) is 0 Å². The van der Waals surface area contributed by atoms with Crippen LogP contribution in [-0.2, 0) is 32.6 Å². The molecular formula is C34H38F3N5O5. The van der Waals surface area contributed by atoms with Gasteiger partial charge in [0.25, 0.3) is 0 Å². The van der Waals surface area contributed by atoms with Gasteiger partial charge in [0.2, 0.25) is 11.8 Å². The summed E-state index contributed by atoms with van der Waals surface area (Å²) in [6.45, 7) is 6.57. The zero-order valence-corrected chi connectivity index (χ0v) is 26.3. The number of carboxylic acid groups (broad SMARTS) is 1. The molecule has 4 rings (SSSR count). The number of pyridine rings is 1. The van der Waals surface area contributed by atoms with Crippen LogP contribution in [0.3, 0.4) is 0 Å². The van der Waals surface area contributed by atoms with E-state index in [0.717, 1.165) is 41.0 Å². The second-order valence-corrected chi connectivity index (χ2v) is 11.9. The van der Waals surface area contributed by atoms with E-state index in [-0.39, 0.29) is 29.9 Å². The maximum absolute atomic E-state index is 12.6. The number of primary amides is 1. The van der Waals surface area contributed by atoms with Gasteiger partial charge in [-0.05, 0) is 78.3 Å². The Kier molecular flexibility index (Phi) is 12.3. The van der Waals surface area contributed by atoms with Crippen molar-refractivity contribution < 1.29 is 37.8 Å². The number of hydrogen-bond acceptors (Lipinski definition) is 6. The highest BCUT2D eigenvalue weighted by molar-refractivity contribution is 5.86. The lowest BCUT2D eigenvalue weighted by atomic mass is 9.87. The fraction of sp³-hybridized carbons (Fsp3) is 0.324. The number of aryl methyl sites for hydroxylation is 1. The minimum atomic E-state index is -5.08. The van der Waals surface area contributed by atoms with Crippen LogP contribution in [0.15, 0.2) is 79.1 Å². The zero-order chi connectivity index (χ0) is 34.8. The van der Waals surface area contributed by atoms with Gasteiger partial charge in [0, 0.05) is 36.5 Å². The minimum Gasteiger partial charge on any atom is -0.508 e. The molecule has 1 atom stereocenters. The number of nitrogens with one attached hydrogen (secondary N) is 1. The summed E-state index contributed by atoms with van der Waals surface area (Å²) in [7, 11) is 0. The zero-order valence-electron chi connectivity index (χ0n) is 26.3. The first-order chi connectivity index (χ1) is 22.0. The first kappa shape index (κ1) is 36.3. The molecule has 0 unspecified atom stereocenters.